The van der Waals surface area contributed by atoms with Gasteiger partial charge in [0, 0.05) is 45.4 Å². The maximum Gasteiger partial charge on any atom is 0.191 e. The van der Waals surface area contributed by atoms with Crippen molar-refractivity contribution >= 4 is 29.9 Å². The van der Waals surface area contributed by atoms with E-state index in [9.17, 15) is 0 Å². The van der Waals surface area contributed by atoms with Crippen molar-refractivity contribution in [1.82, 2.24) is 10.6 Å². The largest absolute Gasteiger partial charge is 0.497 e. The highest BCUT2D eigenvalue weighted by Gasteiger charge is 2.34. The van der Waals surface area contributed by atoms with E-state index in [1.165, 1.54) is 5.56 Å². The summed E-state index contributed by atoms with van der Waals surface area (Å²) in [5.74, 6) is 1.75. The number of hydrogen-bond donors (Lipinski definition) is 2. The minimum atomic E-state index is 0. The van der Waals surface area contributed by atoms with Gasteiger partial charge in [0.2, 0.25) is 0 Å². The molecule has 2 rings (SSSR count). The van der Waals surface area contributed by atoms with E-state index >= 15 is 0 Å². The third kappa shape index (κ3) is 7.46. The summed E-state index contributed by atoms with van der Waals surface area (Å²) in [4.78, 5) is 4.89. The fourth-order valence-corrected chi connectivity index (χ4v) is 3.24. The zero-order chi connectivity index (χ0) is 18.7. The average Bonchev–Trinajstić information content (AvgIpc) is 2.70. The molecule has 1 aromatic carbocycles. The van der Waals surface area contributed by atoms with E-state index < -0.39 is 0 Å². The molecule has 1 aliphatic rings. The lowest BCUT2D eigenvalue weighted by Gasteiger charge is -2.36. The van der Waals surface area contributed by atoms with Crippen LogP contribution in [-0.4, -0.2) is 59.6 Å². The van der Waals surface area contributed by atoms with E-state index in [1.54, 1.807) is 14.2 Å². The lowest BCUT2D eigenvalue weighted by molar-refractivity contribution is 0.0531. The molecule has 0 bridgehead atoms. The summed E-state index contributed by atoms with van der Waals surface area (Å²) in [7, 11) is 3.42. The monoisotopic (exact) mass is 491 g/mol. The van der Waals surface area contributed by atoms with E-state index in [1.807, 2.05) is 12.1 Å². The van der Waals surface area contributed by atoms with Gasteiger partial charge in [0.05, 0.1) is 13.7 Å². The van der Waals surface area contributed by atoms with Crippen LogP contribution in [0.15, 0.2) is 29.3 Å². The minimum absolute atomic E-state index is 0. The van der Waals surface area contributed by atoms with Crippen LogP contribution >= 0.6 is 24.0 Å². The number of nitrogens with zero attached hydrogens (tertiary/aromatic N) is 1. The van der Waals surface area contributed by atoms with Crippen molar-refractivity contribution in [3.8, 4) is 5.75 Å². The van der Waals surface area contributed by atoms with Crippen LogP contribution in [0.25, 0.3) is 0 Å². The second-order valence-corrected chi connectivity index (χ2v) is 6.59. The van der Waals surface area contributed by atoms with E-state index in [0.717, 1.165) is 70.4 Å². The first-order valence-corrected chi connectivity index (χ1v) is 9.47. The number of rotatable bonds is 9. The van der Waals surface area contributed by atoms with Gasteiger partial charge < -0.3 is 24.8 Å². The lowest BCUT2D eigenvalue weighted by atomic mass is 9.74. The summed E-state index contributed by atoms with van der Waals surface area (Å²) < 4.78 is 16.0. The Labute approximate surface area is 180 Å². The standard InChI is InChI=1S/C20H33N3O3.HI/c1-4-21-19(22-12-5-13-24-2)23-16-20(10-14-26-15-11-20)17-6-8-18(25-3)9-7-17;/h6-9H,4-5,10-16H2,1-3H3,(H2,21,22,23);1H. The van der Waals surface area contributed by atoms with Gasteiger partial charge in [0.1, 0.15) is 5.75 Å². The molecule has 1 aliphatic heterocycles. The van der Waals surface area contributed by atoms with Crippen LogP contribution in [0.3, 0.4) is 0 Å². The second kappa shape index (κ2) is 13.2. The first-order valence-electron chi connectivity index (χ1n) is 9.47. The van der Waals surface area contributed by atoms with Crippen LogP contribution in [0, 0.1) is 0 Å². The molecule has 0 saturated carbocycles. The Balaban J connectivity index is 0.00000364. The summed E-state index contributed by atoms with van der Waals surface area (Å²) in [6.45, 7) is 6.81. The van der Waals surface area contributed by atoms with Gasteiger partial charge in [0.25, 0.3) is 0 Å². The maximum absolute atomic E-state index is 5.62. The van der Waals surface area contributed by atoms with Crippen LogP contribution in [0.4, 0.5) is 0 Å². The highest BCUT2D eigenvalue weighted by atomic mass is 127. The van der Waals surface area contributed by atoms with E-state index in [2.05, 4.69) is 29.7 Å². The predicted molar refractivity (Wildman–Crippen MR) is 121 cm³/mol. The third-order valence-electron chi connectivity index (χ3n) is 4.85. The summed E-state index contributed by atoms with van der Waals surface area (Å²) in [5.41, 5.74) is 1.32. The van der Waals surface area contributed by atoms with Crippen LogP contribution in [-0.2, 0) is 14.9 Å². The Morgan fingerprint density at radius 2 is 1.85 bits per heavy atom. The summed E-state index contributed by atoms with van der Waals surface area (Å²) in [6, 6.07) is 8.39. The van der Waals surface area contributed by atoms with Crippen LogP contribution in [0.5, 0.6) is 5.75 Å². The Morgan fingerprint density at radius 1 is 1.15 bits per heavy atom. The molecular formula is C20H34IN3O3. The van der Waals surface area contributed by atoms with Crippen molar-refractivity contribution < 1.29 is 14.2 Å². The van der Waals surface area contributed by atoms with Gasteiger partial charge in [-0.1, -0.05) is 12.1 Å². The van der Waals surface area contributed by atoms with Crippen molar-refractivity contribution in [1.29, 1.82) is 0 Å². The van der Waals surface area contributed by atoms with Gasteiger partial charge >= 0.3 is 0 Å². The molecule has 0 aromatic heterocycles. The van der Waals surface area contributed by atoms with Gasteiger partial charge in [-0.2, -0.15) is 0 Å². The SMILES string of the molecule is CCNC(=NCC1(c2ccc(OC)cc2)CCOCC1)NCCCOC.I. The molecule has 7 heteroatoms. The molecule has 0 unspecified atom stereocenters. The summed E-state index contributed by atoms with van der Waals surface area (Å²) in [5, 5.41) is 6.72. The first kappa shape index (κ1) is 24.0. The molecule has 1 aromatic rings. The average molecular weight is 491 g/mol. The topological polar surface area (TPSA) is 64.1 Å². The van der Waals surface area contributed by atoms with Gasteiger partial charge in [-0.25, -0.2) is 0 Å². The molecule has 2 N–H and O–H groups in total. The van der Waals surface area contributed by atoms with Crippen LogP contribution in [0.2, 0.25) is 0 Å². The Hall–Kier alpha value is -1.06. The zero-order valence-electron chi connectivity index (χ0n) is 16.8. The molecule has 1 heterocycles. The molecule has 154 valence electrons. The number of hydrogen-bond acceptors (Lipinski definition) is 4. The van der Waals surface area contributed by atoms with Crippen molar-refractivity contribution in [2.24, 2.45) is 4.99 Å². The number of methoxy groups -OCH3 is 2. The normalized spacial score (nSPS) is 16.3. The van der Waals surface area contributed by atoms with Gasteiger partial charge in [-0.3, -0.25) is 4.99 Å². The predicted octanol–water partition coefficient (Wildman–Crippen LogP) is 2.95. The number of nitrogens with one attached hydrogen (secondary N) is 2. The number of aliphatic imine (C=N–C) groups is 1. The molecule has 0 spiro atoms. The van der Waals surface area contributed by atoms with Crippen LogP contribution in [0.1, 0.15) is 31.7 Å². The smallest absolute Gasteiger partial charge is 0.191 e. The molecule has 0 atom stereocenters. The molecule has 27 heavy (non-hydrogen) atoms. The highest BCUT2D eigenvalue weighted by Crippen LogP contribution is 2.36. The second-order valence-electron chi connectivity index (χ2n) is 6.59. The van der Waals surface area contributed by atoms with E-state index in [0.29, 0.717) is 0 Å². The summed E-state index contributed by atoms with van der Waals surface area (Å²) in [6.07, 6.45) is 2.91. The van der Waals surface area contributed by atoms with Crippen molar-refractivity contribution in [2.45, 2.75) is 31.6 Å². The highest BCUT2D eigenvalue weighted by molar-refractivity contribution is 14.0. The summed E-state index contributed by atoms with van der Waals surface area (Å²) >= 11 is 0. The third-order valence-corrected chi connectivity index (χ3v) is 4.85. The van der Waals surface area contributed by atoms with E-state index in [-0.39, 0.29) is 29.4 Å². The van der Waals surface area contributed by atoms with Crippen molar-refractivity contribution in [3.05, 3.63) is 29.8 Å². The number of guanidine groups is 1. The minimum Gasteiger partial charge on any atom is -0.497 e. The number of halogens is 1. The van der Waals surface area contributed by atoms with Crippen molar-refractivity contribution in [2.75, 3.05) is 53.7 Å². The Kier molecular flexibility index (Phi) is 11.7. The van der Waals surface area contributed by atoms with Gasteiger partial charge in [-0.05, 0) is 43.9 Å². The quantitative estimate of drug-likeness (QED) is 0.241. The number of ether oxygens (including phenoxy) is 3. The maximum atomic E-state index is 5.62. The Morgan fingerprint density at radius 3 is 2.44 bits per heavy atom. The van der Waals surface area contributed by atoms with Crippen molar-refractivity contribution in [3.63, 3.8) is 0 Å². The molecule has 6 nitrogen and oxygen atoms in total. The van der Waals surface area contributed by atoms with Gasteiger partial charge in [0.15, 0.2) is 5.96 Å². The molecule has 0 amide bonds. The van der Waals surface area contributed by atoms with Gasteiger partial charge in [-0.15, -0.1) is 24.0 Å². The number of benzene rings is 1. The lowest BCUT2D eigenvalue weighted by Crippen LogP contribution is -2.41. The van der Waals surface area contributed by atoms with E-state index in [4.69, 9.17) is 19.2 Å². The molecule has 1 fully saturated rings. The fourth-order valence-electron chi connectivity index (χ4n) is 3.24. The molecule has 1 saturated heterocycles. The fraction of sp³-hybridized carbons (Fsp3) is 0.650. The Bertz CT molecular complexity index is 546. The molecule has 0 radical (unpaired) electrons. The first-order chi connectivity index (χ1) is 12.7. The zero-order valence-corrected chi connectivity index (χ0v) is 19.1. The molecule has 0 aliphatic carbocycles. The molecular weight excluding hydrogens is 457 g/mol. The van der Waals surface area contributed by atoms with Crippen LogP contribution < -0.4 is 15.4 Å².